The summed E-state index contributed by atoms with van der Waals surface area (Å²) in [7, 11) is 0. The summed E-state index contributed by atoms with van der Waals surface area (Å²) in [5, 5.41) is 16.6. The molecule has 0 rings (SSSR count). The molecular formula is C22H42O5. The average molecular weight is 387 g/mol. The number of ketones is 1. The minimum Gasteiger partial charge on any atom is -0.481 e. The van der Waals surface area contributed by atoms with Crippen LogP contribution in [0.4, 0.5) is 0 Å². The van der Waals surface area contributed by atoms with Gasteiger partial charge in [0.15, 0.2) is 0 Å². The van der Waals surface area contributed by atoms with E-state index in [-0.39, 0.29) is 12.3 Å². The summed E-state index contributed by atoms with van der Waals surface area (Å²) < 4.78 is 0. The topological polar surface area (TPSA) is 91.7 Å². The fourth-order valence-electron chi connectivity index (χ4n) is 2.75. The van der Waals surface area contributed by atoms with E-state index in [1.807, 2.05) is 0 Å². The molecule has 0 unspecified atom stereocenters. The van der Waals surface area contributed by atoms with Crippen LogP contribution in [-0.4, -0.2) is 27.9 Å². The van der Waals surface area contributed by atoms with Crippen molar-refractivity contribution in [3.8, 4) is 0 Å². The Morgan fingerprint density at radius 1 is 0.667 bits per heavy atom. The van der Waals surface area contributed by atoms with E-state index in [2.05, 4.69) is 6.92 Å². The quantitative estimate of drug-likeness (QED) is 0.228. The van der Waals surface area contributed by atoms with Gasteiger partial charge in [0.2, 0.25) is 5.78 Å². The molecule has 0 saturated carbocycles. The van der Waals surface area contributed by atoms with Crippen molar-refractivity contribution in [3.05, 3.63) is 0 Å². The third kappa shape index (κ3) is 26.9. The molecule has 5 heteroatoms. The van der Waals surface area contributed by atoms with Crippen LogP contribution in [0.3, 0.4) is 0 Å². The third-order valence-corrected chi connectivity index (χ3v) is 4.33. The van der Waals surface area contributed by atoms with Crippen LogP contribution in [0.2, 0.25) is 0 Å². The monoisotopic (exact) mass is 386 g/mol. The van der Waals surface area contributed by atoms with E-state index < -0.39 is 17.7 Å². The lowest BCUT2D eigenvalue weighted by Gasteiger charge is -2.02. The Bertz CT molecular complexity index is 377. The molecule has 0 aliphatic rings. The van der Waals surface area contributed by atoms with Crippen molar-refractivity contribution < 1.29 is 24.6 Å². The standard InChI is InChI=1S/C16H32O2.C6H10O3/c1-2-3-4-5-6-7-8-9-10-11-12-13-14-15-16(17)18;1-4(2)3-5(7)6(8)9/h2-15H2,1H3,(H,17,18);4H,3H2,1-2H3,(H,8,9). The molecule has 0 bridgehead atoms. The van der Waals surface area contributed by atoms with E-state index >= 15 is 0 Å². The molecule has 0 aromatic heterocycles. The molecule has 0 fully saturated rings. The van der Waals surface area contributed by atoms with E-state index in [0.717, 1.165) is 12.8 Å². The predicted octanol–water partition coefficient (Wildman–Crippen LogP) is 6.24. The second-order valence-corrected chi connectivity index (χ2v) is 7.71. The smallest absolute Gasteiger partial charge is 0.372 e. The number of carboxylic acid groups (broad SMARTS) is 2. The van der Waals surface area contributed by atoms with Crippen molar-refractivity contribution in [2.75, 3.05) is 0 Å². The molecule has 0 aliphatic heterocycles. The first-order chi connectivity index (χ1) is 12.8. The second kappa shape index (κ2) is 20.9. The van der Waals surface area contributed by atoms with Gasteiger partial charge in [-0.25, -0.2) is 4.79 Å². The minimum atomic E-state index is -1.33. The highest BCUT2D eigenvalue weighted by molar-refractivity contribution is 6.32. The number of unbranched alkanes of at least 4 members (excludes halogenated alkanes) is 12. The van der Waals surface area contributed by atoms with Crippen LogP contribution in [0.1, 0.15) is 117 Å². The molecule has 0 amide bonds. The van der Waals surface area contributed by atoms with Crippen molar-refractivity contribution in [1.82, 2.24) is 0 Å². The number of Topliss-reactive ketones (excluding diaryl/α,β-unsaturated/α-hetero) is 1. The number of aliphatic carboxylic acids is 2. The van der Waals surface area contributed by atoms with Gasteiger partial charge < -0.3 is 10.2 Å². The Morgan fingerprint density at radius 2 is 1.04 bits per heavy atom. The maximum atomic E-state index is 10.4. The van der Waals surface area contributed by atoms with Gasteiger partial charge in [0.1, 0.15) is 0 Å². The first-order valence-corrected chi connectivity index (χ1v) is 10.8. The Labute approximate surface area is 165 Å². The predicted molar refractivity (Wildman–Crippen MR) is 110 cm³/mol. The van der Waals surface area contributed by atoms with Crippen LogP contribution in [0.15, 0.2) is 0 Å². The summed E-state index contributed by atoms with van der Waals surface area (Å²) in [6, 6.07) is 0. The van der Waals surface area contributed by atoms with Crippen molar-refractivity contribution in [2.24, 2.45) is 5.92 Å². The lowest BCUT2D eigenvalue weighted by molar-refractivity contribution is -0.149. The molecule has 0 heterocycles. The minimum absolute atomic E-state index is 0.133. The van der Waals surface area contributed by atoms with E-state index in [1.54, 1.807) is 13.8 Å². The lowest BCUT2D eigenvalue weighted by Crippen LogP contribution is -2.14. The molecular weight excluding hydrogens is 344 g/mol. The molecule has 2 N–H and O–H groups in total. The van der Waals surface area contributed by atoms with Gasteiger partial charge in [-0.15, -0.1) is 0 Å². The number of carbonyl (C=O) groups is 3. The Kier molecular flexibility index (Phi) is 21.6. The summed E-state index contributed by atoms with van der Waals surface area (Å²) in [5.41, 5.74) is 0. The maximum Gasteiger partial charge on any atom is 0.372 e. The lowest BCUT2D eigenvalue weighted by atomic mass is 10.0. The van der Waals surface area contributed by atoms with Gasteiger partial charge in [-0.1, -0.05) is 97.8 Å². The summed E-state index contributed by atoms with van der Waals surface area (Å²) in [6.45, 7) is 5.87. The summed E-state index contributed by atoms with van der Waals surface area (Å²) >= 11 is 0. The molecule has 160 valence electrons. The van der Waals surface area contributed by atoms with E-state index in [4.69, 9.17) is 10.2 Å². The molecule has 0 aromatic rings. The van der Waals surface area contributed by atoms with Crippen LogP contribution in [0.5, 0.6) is 0 Å². The maximum absolute atomic E-state index is 10.4. The van der Waals surface area contributed by atoms with Crippen molar-refractivity contribution in [1.29, 1.82) is 0 Å². The first kappa shape index (κ1) is 27.8. The number of carbonyl (C=O) groups excluding carboxylic acids is 1. The van der Waals surface area contributed by atoms with Gasteiger partial charge >= 0.3 is 11.9 Å². The zero-order valence-electron chi connectivity index (χ0n) is 17.8. The SMILES string of the molecule is CC(C)CC(=O)C(=O)O.CCCCCCCCCCCCCCCC(=O)O. The number of rotatable bonds is 17. The Morgan fingerprint density at radius 3 is 1.30 bits per heavy atom. The second-order valence-electron chi connectivity index (χ2n) is 7.71. The molecule has 0 aromatic carbocycles. The highest BCUT2D eigenvalue weighted by atomic mass is 16.4. The molecule has 5 nitrogen and oxygen atoms in total. The van der Waals surface area contributed by atoms with E-state index in [0.29, 0.717) is 6.42 Å². The van der Waals surface area contributed by atoms with Crippen LogP contribution >= 0.6 is 0 Å². The molecule has 0 spiro atoms. The van der Waals surface area contributed by atoms with Crippen LogP contribution in [0, 0.1) is 5.92 Å². The average Bonchev–Trinajstić information content (AvgIpc) is 2.58. The molecule has 0 atom stereocenters. The van der Waals surface area contributed by atoms with Gasteiger partial charge in [0, 0.05) is 12.8 Å². The van der Waals surface area contributed by atoms with Crippen molar-refractivity contribution in [2.45, 2.75) is 117 Å². The van der Waals surface area contributed by atoms with Crippen LogP contribution in [-0.2, 0) is 14.4 Å². The molecule has 27 heavy (non-hydrogen) atoms. The van der Waals surface area contributed by atoms with Crippen molar-refractivity contribution >= 4 is 17.7 Å². The highest BCUT2D eigenvalue weighted by Gasteiger charge is 2.11. The van der Waals surface area contributed by atoms with Crippen molar-refractivity contribution in [3.63, 3.8) is 0 Å². The fourth-order valence-corrected chi connectivity index (χ4v) is 2.75. The Hall–Kier alpha value is -1.39. The number of carboxylic acids is 2. The van der Waals surface area contributed by atoms with Crippen LogP contribution < -0.4 is 0 Å². The molecule has 0 radical (unpaired) electrons. The first-order valence-electron chi connectivity index (χ1n) is 10.8. The zero-order valence-corrected chi connectivity index (χ0v) is 17.8. The number of hydrogen-bond acceptors (Lipinski definition) is 3. The highest BCUT2D eigenvalue weighted by Crippen LogP contribution is 2.12. The van der Waals surface area contributed by atoms with Gasteiger partial charge in [-0.3, -0.25) is 9.59 Å². The molecule has 0 aliphatic carbocycles. The Balaban J connectivity index is 0. The molecule has 0 saturated heterocycles. The zero-order chi connectivity index (χ0) is 20.9. The van der Waals surface area contributed by atoms with Gasteiger partial charge in [0.25, 0.3) is 0 Å². The van der Waals surface area contributed by atoms with E-state index in [1.165, 1.54) is 70.6 Å². The van der Waals surface area contributed by atoms with Gasteiger partial charge in [-0.05, 0) is 12.3 Å². The third-order valence-electron chi connectivity index (χ3n) is 4.33. The summed E-state index contributed by atoms with van der Waals surface area (Å²) in [6.07, 6.45) is 17.4. The largest absolute Gasteiger partial charge is 0.481 e. The van der Waals surface area contributed by atoms with Gasteiger partial charge in [0.05, 0.1) is 0 Å². The van der Waals surface area contributed by atoms with Gasteiger partial charge in [-0.2, -0.15) is 0 Å². The normalized spacial score (nSPS) is 10.4. The van der Waals surface area contributed by atoms with Crippen LogP contribution in [0.25, 0.3) is 0 Å². The fraction of sp³-hybridized carbons (Fsp3) is 0.864. The summed E-state index contributed by atoms with van der Waals surface area (Å²) in [4.78, 5) is 30.5. The van der Waals surface area contributed by atoms with E-state index in [9.17, 15) is 14.4 Å². The summed E-state index contributed by atoms with van der Waals surface area (Å²) in [5.74, 6) is -2.56. The number of hydrogen-bond donors (Lipinski definition) is 2.